The molecule has 0 unspecified atom stereocenters. The van der Waals surface area contributed by atoms with Crippen molar-refractivity contribution in [3.8, 4) is 0 Å². The average Bonchev–Trinajstić information content (AvgIpc) is 3.01. The molecule has 142 valence electrons. The lowest BCUT2D eigenvalue weighted by Crippen LogP contribution is -3.16. The second kappa shape index (κ2) is 7.28. The van der Waals surface area contributed by atoms with Crippen molar-refractivity contribution in [2.75, 3.05) is 50.7 Å². The summed E-state index contributed by atoms with van der Waals surface area (Å²) in [6, 6.07) is 0.543. The van der Waals surface area contributed by atoms with Crippen molar-refractivity contribution in [1.82, 2.24) is 10.2 Å². The molecule has 1 aromatic rings. The van der Waals surface area contributed by atoms with Gasteiger partial charge in [-0.1, -0.05) is 11.6 Å². The second-order valence-corrected chi connectivity index (χ2v) is 6.68. The van der Waals surface area contributed by atoms with E-state index in [4.69, 9.17) is 11.6 Å². The number of quaternary nitrogens is 1. The number of nitrogens with zero attached hydrogens (tertiary/aromatic N) is 2. The maximum atomic E-state index is 12.7. The van der Waals surface area contributed by atoms with E-state index in [0.717, 1.165) is 17.2 Å². The van der Waals surface area contributed by atoms with Gasteiger partial charge in [0.15, 0.2) is 6.54 Å². The highest BCUT2D eigenvalue weighted by Crippen LogP contribution is 2.31. The smallest absolute Gasteiger partial charge is 0.336 e. The molecule has 2 fully saturated rings. The minimum Gasteiger partial charge on any atom is -0.336 e. The highest BCUT2D eigenvalue weighted by molar-refractivity contribution is 6.32. The molecule has 3 amide bonds. The Morgan fingerprint density at radius 1 is 1.31 bits per heavy atom. The molecule has 2 aliphatic rings. The maximum absolute atomic E-state index is 12.7. The fourth-order valence-electron chi connectivity index (χ4n) is 3.11. The summed E-state index contributed by atoms with van der Waals surface area (Å²) in [7, 11) is 0. The first-order chi connectivity index (χ1) is 12.3. The van der Waals surface area contributed by atoms with Gasteiger partial charge in [0.25, 0.3) is 11.7 Å². The fourth-order valence-corrected chi connectivity index (χ4v) is 3.40. The van der Waals surface area contributed by atoms with Crippen LogP contribution >= 0.6 is 11.6 Å². The number of hydrogen-bond acceptors (Lipinski definition) is 3. The molecular formula is C15H19ClF3N5O2+2. The number of amides is 3. The lowest BCUT2D eigenvalue weighted by atomic mass is 10.2. The van der Waals surface area contributed by atoms with E-state index < -0.39 is 11.7 Å². The molecule has 7 nitrogen and oxygen atoms in total. The SMILES string of the molecule is O=C(C[NH+]1CCN(c2[nH+]cc(C(F)(F)F)cc2Cl)CC1)N1CCNC1=O. The summed E-state index contributed by atoms with van der Waals surface area (Å²) >= 11 is 6.01. The van der Waals surface area contributed by atoms with Crippen LogP contribution in [0.5, 0.6) is 0 Å². The molecule has 1 aromatic heterocycles. The molecule has 0 aromatic carbocycles. The predicted molar refractivity (Wildman–Crippen MR) is 85.9 cm³/mol. The van der Waals surface area contributed by atoms with E-state index in [-0.39, 0.29) is 23.5 Å². The molecule has 2 saturated heterocycles. The van der Waals surface area contributed by atoms with Crippen LogP contribution in [0.3, 0.4) is 0 Å². The van der Waals surface area contributed by atoms with Crippen molar-refractivity contribution in [3.63, 3.8) is 0 Å². The number of anilines is 1. The topological polar surface area (TPSA) is 71.2 Å². The second-order valence-electron chi connectivity index (χ2n) is 6.27. The number of urea groups is 1. The largest absolute Gasteiger partial charge is 0.419 e. The van der Waals surface area contributed by atoms with E-state index in [0.29, 0.717) is 45.1 Å². The number of piperazine rings is 1. The van der Waals surface area contributed by atoms with Crippen molar-refractivity contribution < 1.29 is 32.6 Å². The Bertz CT molecular complexity index is 707. The van der Waals surface area contributed by atoms with Crippen molar-refractivity contribution in [2.24, 2.45) is 0 Å². The highest BCUT2D eigenvalue weighted by atomic mass is 35.5. The number of imide groups is 1. The minimum atomic E-state index is -4.45. The van der Waals surface area contributed by atoms with Crippen LogP contribution in [0.25, 0.3) is 0 Å². The zero-order valence-electron chi connectivity index (χ0n) is 13.8. The molecule has 3 rings (SSSR count). The molecule has 0 saturated carbocycles. The molecule has 3 heterocycles. The number of hydrogen-bond donors (Lipinski definition) is 2. The molecule has 0 spiro atoms. The van der Waals surface area contributed by atoms with Crippen LogP contribution in [-0.4, -0.2) is 62.7 Å². The van der Waals surface area contributed by atoms with Gasteiger partial charge in [-0.05, 0) is 6.07 Å². The van der Waals surface area contributed by atoms with E-state index in [1.165, 1.54) is 4.90 Å². The number of pyridine rings is 1. The van der Waals surface area contributed by atoms with Gasteiger partial charge >= 0.3 is 12.2 Å². The summed E-state index contributed by atoms with van der Waals surface area (Å²) in [5.41, 5.74) is -0.829. The number of carbonyl (C=O) groups is 2. The minimum absolute atomic E-state index is 0.00749. The van der Waals surface area contributed by atoms with Gasteiger partial charge < -0.3 is 10.2 Å². The summed E-state index contributed by atoms with van der Waals surface area (Å²) in [4.78, 5) is 30.4. The fraction of sp³-hybridized carbons (Fsp3) is 0.533. The van der Waals surface area contributed by atoms with Crippen LogP contribution in [0.2, 0.25) is 5.02 Å². The van der Waals surface area contributed by atoms with E-state index in [1.54, 1.807) is 0 Å². The van der Waals surface area contributed by atoms with Gasteiger partial charge in [0, 0.05) is 13.1 Å². The van der Waals surface area contributed by atoms with Crippen molar-refractivity contribution >= 4 is 29.4 Å². The maximum Gasteiger partial charge on any atom is 0.419 e. The first kappa shape index (κ1) is 18.7. The molecule has 26 heavy (non-hydrogen) atoms. The molecule has 0 radical (unpaired) electrons. The summed E-state index contributed by atoms with van der Waals surface area (Å²) in [5, 5.41) is 2.59. The van der Waals surface area contributed by atoms with Crippen LogP contribution in [0.4, 0.5) is 23.8 Å². The number of aromatic nitrogens is 1. The number of aromatic amines is 1. The third-order valence-electron chi connectivity index (χ3n) is 4.55. The van der Waals surface area contributed by atoms with Crippen LogP contribution in [0.15, 0.2) is 12.3 Å². The standard InChI is InChI=1S/C15H17ClF3N5O2/c16-11-7-10(15(17,18)19)8-21-13(11)23-5-3-22(4-6-23)9-12(25)24-2-1-20-14(24)26/h7-8H,1-6,9H2,(H,20,26)/p+2. The van der Waals surface area contributed by atoms with E-state index in [9.17, 15) is 22.8 Å². The number of nitrogens with one attached hydrogen (secondary N) is 3. The van der Waals surface area contributed by atoms with Gasteiger partial charge in [-0.3, -0.25) is 9.69 Å². The number of H-pyrrole nitrogens is 1. The number of rotatable bonds is 3. The molecule has 2 aliphatic heterocycles. The summed E-state index contributed by atoms with van der Waals surface area (Å²) < 4.78 is 38.1. The van der Waals surface area contributed by atoms with E-state index in [2.05, 4.69) is 10.3 Å². The summed E-state index contributed by atoms with van der Waals surface area (Å²) in [6.45, 7) is 3.38. The molecule has 3 N–H and O–H groups in total. The summed E-state index contributed by atoms with van der Waals surface area (Å²) in [5.74, 6) is 0.214. The van der Waals surface area contributed by atoms with E-state index in [1.807, 2.05) is 4.90 Å². The normalized spacial score (nSPS) is 19.0. The van der Waals surface area contributed by atoms with Gasteiger partial charge in [0.1, 0.15) is 37.4 Å². The summed E-state index contributed by atoms with van der Waals surface area (Å²) in [6.07, 6.45) is -3.56. The van der Waals surface area contributed by atoms with Crippen molar-refractivity contribution in [2.45, 2.75) is 6.18 Å². The van der Waals surface area contributed by atoms with Crippen LogP contribution < -0.4 is 20.1 Å². The number of halogens is 4. The predicted octanol–water partition coefficient (Wildman–Crippen LogP) is -0.570. The van der Waals surface area contributed by atoms with Crippen molar-refractivity contribution in [1.29, 1.82) is 0 Å². The van der Waals surface area contributed by atoms with Crippen LogP contribution in [0.1, 0.15) is 5.56 Å². The molecule has 0 atom stereocenters. The van der Waals surface area contributed by atoms with Gasteiger partial charge in [-0.25, -0.2) is 14.7 Å². The number of alkyl halides is 3. The van der Waals surface area contributed by atoms with Gasteiger partial charge in [0.2, 0.25) is 0 Å². The molecule has 0 aliphatic carbocycles. The lowest BCUT2D eigenvalue weighted by Gasteiger charge is -2.29. The van der Waals surface area contributed by atoms with Gasteiger partial charge in [0.05, 0.1) is 5.56 Å². The Hall–Kier alpha value is -2.07. The Morgan fingerprint density at radius 2 is 2.00 bits per heavy atom. The highest BCUT2D eigenvalue weighted by Gasteiger charge is 2.36. The third-order valence-corrected chi connectivity index (χ3v) is 4.83. The Kier molecular flexibility index (Phi) is 5.24. The zero-order valence-corrected chi connectivity index (χ0v) is 14.6. The third kappa shape index (κ3) is 4.01. The Labute approximate surface area is 152 Å². The van der Waals surface area contributed by atoms with Crippen LogP contribution in [-0.2, 0) is 11.0 Å². The van der Waals surface area contributed by atoms with Gasteiger partial charge in [-0.15, -0.1) is 0 Å². The first-order valence-electron chi connectivity index (χ1n) is 8.21. The monoisotopic (exact) mass is 393 g/mol. The molecule has 0 bridgehead atoms. The lowest BCUT2D eigenvalue weighted by molar-refractivity contribution is -0.892. The Morgan fingerprint density at radius 3 is 2.54 bits per heavy atom. The van der Waals surface area contributed by atoms with Gasteiger partial charge in [-0.2, -0.15) is 13.2 Å². The number of carbonyl (C=O) groups excluding carboxylic acids is 2. The Balaban J connectivity index is 1.57. The van der Waals surface area contributed by atoms with Crippen molar-refractivity contribution in [3.05, 3.63) is 22.8 Å². The molecular weight excluding hydrogens is 375 g/mol. The average molecular weight is 394 g/mol. The molecule has 11 heteroatoms. The van der Waals surface area contributed by atoms with E-state index >= 15 is 0 Å². The first-order valence-corrected chi connectivity index (χ1v) is 8.58. The quantitative estimate of drug-likeness (QED) is 0.722. The van der Waals surface area contributed by atoms with Crippen LogP contribution in [0, 0.1) is 0 Å². The zero-order chi connectivity index (χ0) is 18.9.